The van der Waals surface area contributed by atoms with Gasteiger partial charge < -0.3 is 10.6 Å². The Morgan fingerprint density at radius 3 is 2.45 bits per heavy atom. The Morgan fingerprint density at radius 1 is 1.00 bits per heavy atom. The first-order chi connectivity index (χ1) is 15.9. The summed E-state index contributed by atoms with van der Waals surface area (Å²) in [4.78, 5) is 29.5. The molecule has 0 unspecified atom stereocenters. The Kier molecular flexibility index (Phi) is 7.47. The molecule has 0 saturated carbocycles. The SMILES string of the molecule is CC(C)c1ccc(NC(=O)CSc2nc3ccc(NC(=O)c4ccccc4Br)cc3s2)cc1. The lowest BCUT2D eigenvalue weighted by Gasteiger charge is -2.08. The molecule has 5 nitrogen and oxygen atoms in total. The van der Waals surface area contributed by atoms with Crippen LogP contribution in [-0.4, -0.2) is 22.6 Å². The van der Waals surface area contributed by atoms with Crippen molar-refractivity contribution in [1.82, 2.24) is 4.98 Å². The summed E-state index contributed by atoms with van der Waals surface area (Å²) >= 11 is 6.31. The topological polar surface area (TPSA) is 71.1 Å². The van der Waals surface area contributed by atoms with Crippen LogP contribution in [0.5, 0.6) is 0 Å². The number of thioether (sulfide) groups is 1. The number of hydrogen-bond acceptors (Lipinski definition) is 5. The van der Waals surface area contributed by atoms with Crippen LogP contribution in [0.15, 0.2) is 75.5 Å². The molecule has 4 rings (SSSR count). The first-order valence-corrected chi connectivity index (χ1v) is 13.0. The van der Waals surface area contributed by atoms with E-state index in [1.807, 2.05) is 60.7 Å². The summed E-state index contributed by atoms with van der Waals surface area (Å²) < 4.78 is 2.51. The average molecular weight is 541 g/mol. The normalized spacial score (nSPS) is 11.0. The van der Waals surface area contributed by atoms with Gasteiger partial charge in [-0.2, -0.15) is 0 Å². The monoisotopic (exact) mass is 539 g/mol. The minimum atomic E-state index is -0.181. The minimum absolute atomic E-state index is 0.0713. The molecule has 2 amide bonds. The Morgan fingerprint density at radius 2 is 1.73 bits per heavy atom. The maximum atomic E-state index is 12.6. The van der Waals surface area contributed by atoms with Crippen LogP contribution >= 0.6 is 39.0 Å². The molecule has 0 aliphatic rings. The molecule has 168 valence electrons. The van der Waals surface area contributed by atoms with E-state index >= 15 is 0 Å². The highest BCUT2D eigenvalue weighted by Gasteiger charge is 2.12. The van der Waals surface area contributed by atoms with Crippen molar-refractivity contribution >= 4 is 72.4 Å². The molecular weight excluding hydrogens is 518 g/mol. The highest BCUT2D eigenvalue weighted by Crippen LogP contribution is 2.31. The lowest BCUT2D eigenvalue weighted by molar-refractivity contribution is -0.113. The lowest BCUT2D eigenvalue weighted by Crippen LogP contribution is -2.13. The van der Waals surface area contributed by atoms with E-state index in [4.69, 9.17) is 0 Å². The fraction of sp³-hybridized carbons (Fsp3) is 0.160. The summed E-state index contributed by atoms with van der Waals surface area (Å²) in [6.45, 7) is 4.28. The number of anilines is 2. The number of nitrogens with zero attached hydrogens (tertiary/aromatic N) is 1. The summed E-state index contributed by atoms with van der Waals surface area (Å²) in [5.74, 6) is 0.479. The second-order valence-electron chi connectivity index (χ2n) is 7.71. The quantitative estimate of drug-likeness (QED) is 0.244. The summed E-state index contributed by atoms with van der Waals surface area (Å²) in [5.41, 5.74) is 4.14. The van der Waals surface area contributed by atoms with Crippen LogP contribution in [0.1, 0.15) is 35.7 Å². The van der Waals surface area contributed by atoms with Crippen LogP contribution in [0.3, 0.4) is 0 Å². The van der Waals surface area contributed by atoms with E-state index in [2.05, 4.69) is 45.4 Å². The van der Waals surface area contributed by atoms with Crippen LogP contribution in [0.2, 0.25) is 0 Å². The summed E-state index contributed by atoms with van der Waals surface area (Å²) in [6, 6.07) is 20.8. The van der Waals surface area contributed by atoms with Crippen molar-refractivity contribution in [3.05, 3.63) is 82.3 Å². The van der Waals surface area contributed by atoms with Gasteiger partial charge in [0.2, 0.25) is 5.91 Å². The molecule has 2 N–H and O–H groups in total. The molecule has 0 aliphatic carbocycles. The Balaban J connectivity index is 1.36. The number of benzene rings is 3. The number of hydrogen-bond donors (Lipinski definition) is 2. The van der Waals surface area contributed by atoms with E-state index in [1.165, 1.54) is 28.7 Å². The fourth-order valence-electron chi connectivity index (χ4n) is 3.16. The van der Waals surface area contributed by atoms with Gasteiger partial charge in [-0.05, 0) is 69.9 Å². The number of nitrogens with one attached hydrogen (secondary N) is 2. The third-order valence-electron chi connectivity index (χ3n) is 4.93. The van der Waals surface area contributed by atoms with Crippen molar-refractivity contribution in [1.29, 1.82) is 0 Å². The van der Waals surface area contributed by atoms with Gasteiger partial charge in [-0.1, -0.05) is 49.9 Å². The van der Waals surface area contributed by atoms with Crippen LogP contribution < -0.4 is 10.6 Å². The van der Waals surface area contributed by atoms with Gasteiger partial charge >= 0.3 is 0 Å². The third-order valence-corrected chi connectivity index (χ3v) is 7.79. The molecule has 0 bridgehead atoms. The number of thiazole rings is 1. The van der Waals surface area contributed by atoms with Gasteiger partial charge in [-0.25, -0.2) is 4.98 Å². The number of halogens is 1. The van der Waals surface area contributed by atoms with Gasteiger partial charge in [0.1, 0.15) is 0 Å². The molecule has 0 spiro atoms. The summed E-state index contributed by atoms with van der Waals surface area (Å²) in [6.07, 6.45) is 0. The molecule has 1 aromatic heterocycles. The highest BCUT2D eigenvalue weighted by molar-refractivity contribution is 9.10. The molecule has 0 fully saturated rings. The number of carbonyl (C=O) groups excluding carboxylic acids is 2. The largest absolute Gasteiger partial charge is 0.325 e. The zero-order valence-corrected chi connectivity index (χ0v) is 21.3. The molecule has 0 aliphatic heterocycles. The van der Waals surface area contributed by atoms with Crippen molar-refractivity contribution < 1.29 is 9.59 Å². The van der Waals surface area contributed by atoms with Crippen molar-refractivity contribution in [2.45, 2.75) is 24.1 Å². The second kappa shape index (κ2) is 10.5. The second-order valence-corrected chi connectivity index (χ2v) is 10.8. The van der Waals surface area contributed by atoms with Crippen molar-refractivity contribution in [3.8, 4) is 0 Å². The molecule has 1 heterocycles. The van der Waals surface area contributed by atoms with Crippen LogP contribution in [0.4, 0.5) is 11.4 Å². The average Bonchev–Trinajstić information content (AvgIpc) is 3.20. The molecule has 33 heavy (non-hydrogen) atoms. The Labute approximate surface area is 209 Å². The third kappa shape index (κ3) is 6.01. The van der Waals surface area contributed by atoms with Crippen LogP contribution in [-0.2, 0) is 4.79 Å². The van der Waals surface area contributed by atoms with Crippen molar-refractivity contribution in [2.24, 2.45) is 0 Å². The number of carbonyl (C=O) groups is 2. The van der Waals surface area contributed by atoms with Crippen molar-refractivity contribution in [3.63, 3.8) is 0 Å². The van der Waals surface area contributed by atoms with Gasteiger partial charge in [-0.3, -0.25) is 9.59 Å². The number of aromatic nitrogens is 1. The zero-order valence-electron chi connectivity index (χ0n) is 18.1. The number of amides is 2. The van der Waals surface area contributed by atoms with Gasteiger partial charge in [-0.15, -0.1) is 11.3 Å². The molecule has 0 atom stereocenters. The van der Waals surface area contributed by atoms with Crippen LogP contribution in [0.25, 0.3) is 10.2 Å². The van der Waals surface area contributed by atoms with E-state index < -0.39 is 0 Å². The van der Waals surface area contributed by atoms with Gasteiger partial charge in [0.25, 0.3) is 5.91 Å². The molecule has 8 heteroatoms. The molecule has 0 radical (unpaired) electrons. The Bertz CT molecular complexity index is 1300. The van der Waals surface area contributed by atoms with E-state index in [9.17, 15) is 9.59 Å². The Hall–Kier alpha value is -2.68. The lowest BCUT2D eigenvalue weighted by atomic mass is 10.0. The van der Waals surface area contributed by atoms with Crippen LogP contribution in [0, 0.1) is 0 Å². The smallest absolute Gasteiger partial charge is 0.256 e. The van der Waals surface area contributed by atoms with E-state index in [0.29, 0.717) is 17.2 Å². The first kappa shape index (κ1) is 23.5. The van der Waals surface area contributed by atoms with Gasteiger partial charge in [0.05, 0.1) is 21.5 Å². The fourth-order valence-corrected chi connectivity index (χ4v) is 5.54. The molecular formula is C25H22BrN3O2S2. The van der Waals surface area contributed by atoms with Gasteiger partial charge in [0, 0.05) is 15.8 Å². The number of fused-ring (bicyclic) bond motifs is 1. The molecule has 4 aromatic rings. The summed E-state index contributed by atoms with van der Waals surface area (Å²) in [7, 11) is 0. The number of rotatable bonds is 7. The summed E-state index contributed by atoms with van der Waals surface area (Å²) in [5, 5.41) is 5.86. The highest BCUT2D eigenvalue weighted by atomic mass is 79.9. The predicted octanol–water partition coefficient (Wildman–Crippen LogP) is 7.17. The maximum Gasteiger partial charge on any atom is 0.256 e. The zero-order chi connectivity index (χ0) is 23.4. The molecule has 3 aromatic carbocycles. The first-order valence-electron chi connectivity index (χ1n) is 10.4. The van der Waals surface area contributed by atoms with Gasteiger partial charge in [0.15, 0.2) is 4.34 Å². The van der Waals surface area contributed by atoms with Crippen molar-refractivity contribution in [2.75, 3.05) is 16.4 Å². The molecule has 0 saturated heterocycles. The van der Waals surface area contributed by atoms with E-state index in [1.54, 1.807) is 6.07 Å². The predicted molar refractivity (Wildman–Crippen MR) is 142 cm³/mol. The maximum absolute atomic E-state index is 12.6. The standard InChI is InChI=1S/C25H22BrN3O2S2/c1-15(2)16-7-9-17(10-8-16)27-23(30)14-32-25-29-21-12-11-18(13-22(21)33-25)28-24(31)19-5-3-4-6-20(19)26/h3-13,15H,14H2,1-2H3,(H,27,30)(H,28,31). The minimum Gasteiger partial charge on any atom is -0.325 e. The van der Waals surface area contributed by atoms with E-state index in [0.717, 1.165) is 24.7 Å². The van der Waals surface area contributed by atoms with E-state index in [-0.39, 0.29) is 17.6 Å².